The number of anilines is 2. The van der Waals surface area contributed by atoms with Crippen LogP contribution in [0.15, 0.2) is 16.9 Å². The van der Waals surface area contributed by atoms with Crippen LogP contribution in [0.1, 0.15) is 5.56 Å². The molecule has 0 spiro atoms. The van der Waals surface area contributed by atoms with Crippen LogP contribution >= 0.6 is 11.3 Å². The Kier molecular flexibility index (Phi) is 3.57. The number of rotatable bonds is 2. The van der Waals surface area contributed by atoms with E-state index in [1.165, 1.54) is 0 Å². The first-order valence-electron chi connectivity index (χ1n) is 5.37. The lowest BCUT2D eigenvalue weighted by Crippen LogP contribution is -2.16. The van der Waals surface area contributed by atoms with Gasteiger partial charge in [0, 0.05) is 14.1 Å². The van der Waals surface area contributed by atoms with Crippen LogP contribution in [-0.4, -0.2) is 24.3 Å². The van der Waals surface area contributed by atoms with E-state index in [1.54, 1.807) is 24.5 Å². The van der Waals surface area contributed by atoms with E-state index < -0.39 is 17.3 Å². The van der Waals surface area contributed by atoms with Gasteiger partial charge in [-0.2, -0.15) is 18.2 Å². The predicted molar refractivity (Wildman–Crippen MR) is 70.6 cm³/mol. The van der Waals surface area contributed by atoms with E-state index in [-0.39, 0.29) is 15.8 Å². The Morgan fingerprint density at radius 1 is 1.35 bits per heavy atom. The van der Waals surface area contributed by atoms with Crippen molar-refractivity contribution in [2.24, 2.45) is 0 Å². The van der Waals surface area contributed by atoms with E-state index in [4.69, 9.17) is 5.21 Å². The molecule has 0 bridgehead atoms. The minimum absolute atomic E-state index is 0.178. The first kappa shape index (κ1) is 14.5. The van der Waals surface area contributed by atoms with Gasteiger partial charge in [-0.15, -0.1) is 0 Å². The molecule has 0 aliphatic carbocycles. The summed E-state index contributed by atoms with van der Waals surface area (Å²) in [5.41, 5.74) is -0.273. The van der Waals surface area contributed by atoms with Gasteiger partial charge in [0.2, 0.25) is 0 Å². The zero-order valence-corrected chi connectivity index (χ0v) is 11.3. The van der Waals surface area contributed by atoms with Crippen molar-refractivity contribution in [2.45, 2.75) is 6.18 Å². The standard InChI is InChI=1S/C11H10F3N3O2S/c1-17(2)10-15-9(18)6-3-5(11(12,13)14)4-7(16-19)8(6)20-10/h3-4,16,19H,1-2H3. The Balaban J connectivity index is 2.84. The third-order valence-corrected chi connectivity index (χ3v) is 3.82. The Morgan fingerprint density at radius 2 is 2.00 bits per heavy atom. The number of nitrogens with zero attached hydrogens (tertiary/aromatic N) is 2. The number of benzene rings is 1. The number of hydrogen-bond donors (Lipinski definition) is 2. The lowest BCUT2D eigenvalue weighted by molar-refractivity contribution is -0.137. The zero-order valence-electron chi connectivity index (χ0n) is 10.4. The van der Waals surface area contributed by atoms with E-state index in [9.17, 15) is 18.0 Å². The van der Waals surface area contributed by atoms with Gasteiger partial charge in [0.1, 0.15) is 0 Å². The highest BCUT2D eigenvalue weighted by Gasteiger charge is 2.32. The number of alkyl halides is 3. The van der Waals surface area contributed by atoms with E-state index in [0.29, 0.717) is 5.13 Å². The molecule has 1 heterocycles. The van der Waals surface area contributed by atoms with Crippen LogP contribution in [0, 0.1) is 0 Å². The molecule has 2 rings (SSSR count). The molecule has 0 unspecified atom stereocenters. The largest absolute Gasteiger partial charge is 0.416 e. The quantitative estimate of drug-likeness (QED) is 0.835. The summed E-state index contributed by atoms with van der Waals surface area (Å²) >= 11 is 1.00. The molecule has 0 aliphatic heterocycles. The van der Waals surface area contributed by atoms with Gasteiger partial charge >= 0.3 is 6.18 Å². The molecular formula is C11H10F3N3O2S. The molecule has 20 heavy (non-hydrogen) atoms. The van der Waals surface area contributed by atoms with Gasteiger partial charge in [0.15, 0.2) is 5.13 Å². The Bertz CT molecular complexity index is 712. The number of aromatic nitrogens is 1. The minimum atomic E-state index is -4.61. The van der Waals surface area contributed by atoms with Crippen LogP contribution in [0.3, 0.4) is 0 Å². The number of fused-ring (bicyclic) bond motifs is 1. The van der Waals surface area contributed by atoms with Crippen LogP contribution in [0.2, 0.25) is 0 Å². The van der Waals surface area contributed by atoms with Gasteiger partial charge in [0.05, 0.1) is 21.3 Å². The fraction of sp³-hybridized carbons (Fsp3) is 0.273. The summed E-state index contributed by atoms with van der Waals surface area (Å²) in [6.45, 7) is 0. The van der Waals surface area contributed by atoms with Crippen LogP contribution in [-0.2, 0) is 6.18 Å². The molecule has 0 radical (unpaired) electrons. The summed E-state index contributed by atoms with van der Waals surface area (Å²) in [5.74, 6) is 0. The van der Waals surface area contributed by atoms with E-state index >= 15 is 0 Å². The smallest absolute Gasteiger partial charge is 0.354 e. The minimum Gasteiger partial charge on any atom is -0.354 e. The van der Waals surface area contributed by atoms with E-state index in [0.717, 1.165) is 23.5 Å². The predicted octanol–water partition coefficient (Wildman–Crippen LogP) is 2.54. The Morgan fingerprint density at radius 3 is 2.50 bits per heavy atom. The van der Waals surface area contributed by atoms with Gasteiger partial charge < -0.3 is 4.90 Å². The third kappa shape index (κ3) is 2.54. The van der Waals surface area contributed by atoms with Crippen LogP contribution in [0.4, 0.5) is 24.0 Å². The summed E-state index contributed by atoms with van der Waals surface area (Å²) in [5, 5.41) is 9.14. The maximum atomic E-state index is 12.7. The van der Waals surface area contributed by atoms with Crippen molar-refractivity contribution in [3.8, 4) is 0 Å². The highest BCUT2D eigenvalue weighted by Crippen LogP contribution is 2.36. The van der Waals surface area contributed by atoms with Gasteiger partial charge in [0.25, 0.3) is 5.56 Å². The molecule has 0 saturated carbocycles. The van der Waals surface area contributed by atoms with Crippen molar-refractivity contribution in [1.82, 2.24) is 4.98 Å². The molecule has 0 fully saturated rings. The van der Waals surface area contributed by atoms with Crippen LogP contribution in [0.5, 0.6) is 0 Å². The molecule has 2 N–H and O–H groups in total. The molecule has 2 aromatic rings. The number of nitrogens with one attached hydrogen (secondary N) is 1. The average Bonchev–Trinajstić information content (AvgIpc) is 2.36. The number of halogens is 3. The second-order valence-corrected chi connectivity index (χ2v) is 5.18. The lowest BCUT2D eigenvalue weighted by atomic mass is 10.1. The first-order valence-corrected chi connectivity index (χ1v) is 6.19. The summed E-state index contributed by atoms with van der Waals surface area (Å²) in [6, 6.07) is 1.49. The molecule has 1 aromatic heterocycles. The zero-order chi connectivity index (χ0) is 15.1. The fourth-order valence-corrected chi connectivity index (χ4v) is 2.56. The van der Waals surface area contributed by atoms with E-state index in [1.807, 2.05) is 0 Å². The second-order valence-electron chi connectivity index (χ2n) is 4.21. The highest BCUT2D eigenvalue weighted by atomic mass is 32.1. The van der Waals surface area contributed by atoms with Crippen molar-refractivity contribution >= 4 is 32.2 Å². The molecule has 0 amide bonds. The molecule has 0 aliphatic rings. The maximum Gasteiger partial charge on any atom is 0.416 e. The molecule has 0 atom stereocenters. The Hall–Kier alpha value is -1.87. The molecule has 9 heteroatoms. The molecule has 108 valence electrons. The summed E-state index contributed by atoms with van der Waals surface area (Å²) in [7, 11) is 3.31. The highest BCUT2D eigenvalue weighted by molar-refractivity contribution is 7.22. The Labute approximate surface area is 115 Å². The SMILES string of the molecule is CN(C)c1nc(=O)c2cc(C(F)(F)F)cc(NO)c2s1. The summed E-state index contributed by atoms with van der Waals surface area (Å²) < 4.78 is 38.4. The lowest BCUT2D eigenvalue weighted by Gasteiger charge is -2.13. The summed E-state index contributed by atoms with van der Waals surface area (Å²) in [4.78, 5) is 17.1. The van der Waals surface area contributed by atoms with Crippen molar-refractivity contribution < 1.29 is 18.4 Å². The average molecular weight is 305 g/mol. The van der Waals surface area contributed by atoms with Gasteiger partial charge in [-0.05, 0) is 12.1 Å². The second kappa shape index (κ2) is 4.91. The fourth-order valence-electron chi connectivity index (χ4n) is 1.60. The van der Waals surface area contributed by atoms with Gasteiger partial charge in [-0.3, -0.25) is 15.5 Å². The molecular weight excluding hydrogens is 295 g/mol. The van der Waals surface area contributed by atoms with Crippen molar-refractivity contribution in [3.05, 3.63) is 28.0 Å². The first-order chi connectivity index (χ1) is 9.24. The van der Waals surface area contributed by atoms with Crippen molar-refractivity contribution in [1.29, 1.82) is 0 Å². The topological polar surface area (TPSA) is 65.5 Å². The molecule has 5 nitrogen and oxygen atoms in total. The maximum absolute atomic E-state index is 12.7. The third-order valence-electron chi connectivity index (χ3n) is 2.54. The molecule has 1 aromatic carbocycles. The van der Waals surface area contributed by atoms with Crippen molar-refractivity contribution in [3.63, 3.8) is 0 Å². The van der Waals surface area contributed by atoms with Gasteiger partial charge in [-0.25, -0.2) is 0 Å². The monoisotopic (exact) mass is 305 g/mol. The van der Waals surface area contributed by atoms with Crippen LogP contribution in [0.25, 0.3) is 10.1 Å². The van der Waals surface area contributed by atoms with Gasteiger partial charge in [-0.1, -0.05) is 11.3 Å². The number of hydrogen-bond acceptors (Lipinski definition) is 6. The van der Waals surface area contributed by atoms with Crippen molar-refractivity contribution in [2.75, 3.05) is 24.5 Å². The normalized spacial score (nSPS) is 11.7. The van der Waals surface area contributed by atoms with Crippen LogP contribution < -0.4 is 15.9 Å². The molecule has 0 saturated heterocycles. The van der Waals surface area contributed by atoms with E-state index in [2.05, 4.69) is 4.98 Å². The summed E-state index contributed by atoms with van der Waals surface area (Å²) in [6.07, 6.45) is -4.61.